The molecule has 31 heavy (non-hydrogen) atoms. The van der Waals surface area contributed by atoms with Crippen molar-refractivity contribution in [3.05, 3.63) is 109 Å². The number of ether oxygens (including phenoxy) is 2. The third-order valence-corrected chi connectivity index (χ3v) is 4.16. The smallest absolute Gasteiger partial charge is 0.528 e. The summed E-state index contributed by atoms with van der Waals surface area (Å²) in [5, 5.41) is 0. The fraction of sp³-hybridized carbons (Fsp3) is 0. The summed E-state index contributed by atoms with van der Waals surface area (Å²) in [6, 6.07) is 25.6. The first-order chi connectivity index (χ1) is 15.1. The van der Waals surface area contributed by atoms with Crippen LogP contribution in [0.3, 0.4) is 0 Å². The van der Waals surface area contributed by atoms with Gasteiger partial charge in [0.2, 0.25) is 0 Å². The average molecular weight is 418 g/mol. The molecule has 0 N–H and O–H groups in total. The summed E-state index contributed by atoms with van der Waals surface area (Å²) in [6.45, 7) is 0. The van der Waals surface area contributed by atoms with Crippen LogP contribution in [0, 0.1) is 11.6 Å². The van der Waals surface area contributed by atoms with Gasteiger partial charge in [-0.25, -0.2) is 8.78 Å². The second-order valence-corrected chi connectivity index (χ2v) is 6.47. The molecule has 0 aliphatic carbocycles. The minimum Gasteiger partial charge on any atom is -0.528 e. The fourth-order valence-corrected chi connectivity index (χ4v) is 2.70. The predicted molar refractivity (Wildman–Crippen MR) is 114 cm³/mol. The minimum atomic E-state index is -0.325. The Hall–Kier alpha value is -4.00. The summed E-state index contributed by atoms with van der Waals surface area (Å²) in [5.41, 5.74) is 0. The van der Waals surface area contributed by atoms with E-state index >= 15 is 0 Å². The second kappa shape index (κ2) is 9.67. The van der Waals surface area contributed by atoms with Crippen molar-refractivity contribution in [2.75, 3.05) is 0 Å². The van der Waals surface area contributed by atoms with Crippen LogP contribution in [0.1, 0.15) is 0 Å². The van der Waals surface area contributed by atoms with Gasteiger partial charge in [-0.3, -0.25) is 0 Å². The Morgan fingerprint density at radius 1 is 0.452 bits per heavy atom. The first-order valence-electron chi connectivity index (χ1n) is 9.47. The van der Waals surface area contributed by atoms with Crippen LogP contribution in [0.4, 0.5) is 8.78 Å². The second-order valence-electron chi connectivity index (χ2n) is 6.47. The maximum absolute atomic E-state index is 13.0. The highest BCUT2D eigenvalue weighted by atomic mass is 19.1. The van der Waals surface area contributed by atoms with E-state index < -0.39 is 0 Å². The molecule has 0 spiro atoms. The van der Waals surface area contributed by atoms with Crippen LogP contribution in [0.15, 0.2) is 97.1 Å². The third-order valence-electron chi connectivity index (χ3n) is 4.16. The number of benzene rings is 4. The Kier molecular flexibility index (Phi) is 6.33. The molecule has 0 saturated heterocycles. The number of rotatable bonds is 8. The normalized spacial score (nSPS) is 10.3. The number of halogens is 2. The van der Waals surface area contributed by atoms with E-state index in [1.807, 2.05) is 0 Å². The molecular weight excluding hydrogens is 401 g/mol. The summed E-state index contributed by atoms with van der Waals surface area (Å²) >= 11 is 0. The molecule has 154 valence electrons. The maximum atomic E-state index is 13.0. The number of hydrogen-bond donors (Lipinski definition) is 0. The molecule has 4 aromatic rings. The molecule has 0 fully saturated rings. The standard InChI is InChI=1S/C24H17BF2O4/c26-17-7-11-19(12-8-17)28-21-3-1-5-23(15-21)30-25-31-24-6-2-4-22(16-24)29-20-13-9-18(27)10-14-20/h1-16,25H. The van der Waals surface area contributed by atoms with Crippen LogP contribution < -0.4 is 18.8 Å². The lowest BCUT2D eigenvalue weighted by atomic mass is 10.2. The largest absolute Gasteiger partial charge is 0.576 e. The first kappa shape index (κ1) is 20.3. The highest BCUT2D eigenvalue weighted by molar-refractivity contribution is 6.20. The quantitative estimate of drug-likeness (QED) is 0.316. The van der Waals surface area contributed by atoms with Gasteiger partial charge in [0.1, 0.15) is 46.1 Å². The van der Waals surface area contributed by atoms with E-state index in [9.17, 15) is 8.78 Å². The molecule has 4 nitrogen and oxygen atoms in total. The van der Waals surface area contributed by atoms with Crippen molar-refractivity contribution in [3.63, 3.8) is 0 Å². The highest BCUT2D eigenvalue weighted by Gasteiger charge is 2.05. The molecule has 4 rings (SSSR count). The van der Waals surface area contributed by atoms with Gasteiger partial charge in [-0.1, -0.05) is 12.1 Å². The van der Waals surface area contributed by atoms with E-state index in [-0.39, 0.29) is 19.3 Å². The van der Waals surface area contributed by atoms with E-state index in [0.29, 0.717) is 34.5 Å². The molecule has 0 aliphatic rings. The van der Waals surface area contributed by atoms with Crippen LogP contribution in [0.25, 0.3) is 0 Å². The lowest BCUT2D eigenvalue weighted by molar-refractivity contribution is 0.445. The fourth-order valence-electron chi connectivity index (χ4n) is 2.70. The molecule has 0 saturated carbocycles. The molecular formula is C24H17BF2O4. The van der Waals surface area contributed by atoms with Crippen LogP contribution in [0.5, 0.6) is 34.5 Å². The molecule has 7 heteroatoms. The van der Waals surface area contributed by atoms with Gasteiger partial charge in [-0.05, 0) is 72.8 Å². The van der Waals surface area contributed by atoms with Gasteiger partial charge < -0.3 is 18.8 Å². The Bertz CT molecular complexity index is 1040. The van der Waals surface area contributed by atoms with E-state index in [4.69, 9.17) is 18.8 Å². The molecule has 0 unspecified atom stereocenters. The zero-order valence-corrected chi connectivity index (χ0v) is 16.3. The van der Waals surface area contributed by atoms with Gasteiger partial charge in [-0.15, -0.1) is 0 Å². The average Bonchev–Trinajstić information content (AvgIpc) is 2.78. The number of hydrogen-bond acceptors (Lipinski definition) is 4. The molecule has 0 radical (unpaired) electrons. The lowest BCUT2D eigenvalue weighted by Crippen LogP contribution is -2.10. The Labute approximate surface area is 178 Å². The molecule has 0 amide bonds. The third kappa shape index (κ3) is 5.99. The van der Waals surface area contributed by atoms with Crippen molar-refractivity contribution in [1.82, 2.24) is 0 Å². The predicted octanol–water partition coefficient (Wildman–Crippen LogP) is 6.27. The summed E-state index contributed by atoms with van der Waals surface area (Å²) in [4.78, 5) is 0. The Balaban J connectivity index is 1.32. The summed E-state index contributed by atoms with van der Waals surface area (Å²) in [7, 11) is -0.0278. The lowest BCUT2D eigenvalue weighted by Gasteiger charge is -2.11. The van der Waals surface area contributed by atoms with E-state index in [0.717, 1.165) is 0 Å². The van der Waals surface area contributed by atoms with Crippen LogP contribution in [-0.2, 0) is 0 Å². The van der Waals surface area contributed by atoms with E-state index in [2.05, 4.69) is 0 Å². The van der Waals surface area contributed by atoms with E-state index in [1.54, 1.807) is 72.8 Å². The minimum absolute atomic E-state index is 0.0278. The van der Waals surface area contributed by atoms with Crippen molar-refractivity contribution in [3.8, 4) is 34.5 Å². The molecule has 0 bridgehead atoms. The highest BCUT2D eigenvalue weighted by Crippen LogP contribution is 2.27. The summed E-state index contributed by atoms with van der Waals surface area (Å²) in [5.74, 6) is 2.61. The molecule has 0 aromatic heterocycles. The molecule has 4 aromatic carbocycles. The van der Waals surface area contributed by atoms with Crippen molar-refractivity contribution in [2.24, 2.45) is 0 Å². The van der Waals surface area contributed by atoms with Gasteiger partial charge in [0.15, 0.2) is 0 Å². The Morgan fingerprint density at radius 2 is 0.839 bits per heavy atom. The van der Waals surface area contributed by atoms with Crippen molar-refractivity contribution in [2.45, 2.75) is 0 Å². The first-order valence-corrected chi connectivity index (χ1v) is 9.47. The SMILES string of the molecule is Fc1ccc(Oc2cccc(OBOc3cccc(Oc4ccc(F)cc4)c3)c2)cc1. The van der Waals surface area contributed by atoms with Crippen molar-refractivity contribution >= 4 is 7.69 Å². The van der Waals surface area contributed by atoms with Gasteiger partial charge >= 0.3 is 7.69 Å². The Morgan fingerprint density at radius 3 is 1.26 bits per heavy atom. The van der Waals surface area contributed by atoms with Crippen molar-refractivity contribution < 1.29 is 27.6 Å². The molecule has 0 heterocycles. The topological polar surface area (TPSA) is 36.9 Å². The van der Waals surface area contributed by atoms with E-state index in [1.165, 1.54) is 24.3 Å². The van der Waals surface area contributed by atoms with Gasteiger partial charge in [-0.2, -0.15) is 0 Å². The van der Waals surface area contributed by atoms with Gasteiger partial charge in [0.05, 0.1) is 0 Å². The zero-order chi connectivity index (χ0) is 21.5. The van der Waals surface area contributed by atoms with Crippen LogP contribution in [0.2, 0.25) is 0 Å². The van der Waals surface area contributed by atoms with Gasteiger partial charge in [0.25, 0.3) is 0 Å². The molecule has 0 aliphatic heterocycles. The van der Waals surface area contributed by atoms with Crippen LogP contribution >= 0.6 is 0 Å². The monoisotopic (exact) mass is 418 g/mol. The van der Waals surface area contributed by atoms with Crippen LogP contribution in [-0.4, -0.2) is 7.69 Å². The van der Waals surface area contributed by atoms with Gasteiger partial charge in [0, 0.05) is 12.1 Å². The summed E-state index contributed by atoms with van der Waals surface area (Å²) in [6.07, 6.45) is 0. The molecule has 0 atom stereocenters. The summed E-state index contributed by atoms with van der Waals surface area (Å²) < 4.78 is 48.7. The zero-order valence-electron chi connectivity index (χ0n) is 16.3. The van der Waals surface area contributed by atoms with Crippen molar-refractivity contribution in [1.29, 1.82) is 0 Å². The maximum Gasteiger partial charge on any atom is 0.576 e.